The van der Waals surface area contributed by atoms with Gasteiger partial charge in [-0.1, -0.05) is 5.16 Å². The predicted molar refractivity (Wildman–Crippen MR) is 83.3 cm³/mol. The van der Waals surface area contributed by atoms with Crippen molar-refractivity contribution in [3.63, 3.8) is 0 Å². The van der Waals surface area contributed by atoms with Crippen molar-refractivity contribution in [2.45, 2.75) is 11.8 Å². The Morgan fingerprint density at radius 1 is 1.59 bits per heavy atom. The molecule has 0 aliphatic heterocycles. The molecule has 2 N–H and O–H groups in total. The smallest absolute Gasteiger partial charge is 0.274 e. The monoisotopic (exact) mass is 409 g/mol. The van der Waals surface area contributed by atoms with Crippen LogP contribution in [0.3, 0.4) is 0 Å². The van der Waals surface area contributed by atoms with Crippen molar-refractivity contribution < 1.29 is 22.5 Å². The molecule has 22 heavy (non-hydrogen) atoms. The summed E-state index contributed by atoms with van der Waals surface area (Å²) in [5.41, 5.74) is 0.543. The van der Waals surface area contributed by atoms with Crippen LogP contribution in [0.25, 0.3) is 0 Å². The molecule has 120 valence electrons. The molecule has 0 atom stereocenters. The fourth-order valence-corrected chi connectivity index (χ4v) is 3.93. The molecule has 2 aromatic rings. The Hall–Kier alpha value is -1.27. The lowest BCUT2D eigenvalue weighted by Crippen LogP contribution is -2.33. The van der Waals surface area contributed by atoms with Crippen LogP contribution >= 0.6 is 27.3 Å². The van der Waals surface area contributed by atoms with Gasteiger partial charge >= 0.3 is 0 Å². The van der Waals surface area contributed by atoms with E-state index in [0.717, 1.165) is 16.2 Å². The lowest BCUT2D eigenvalue weighted by Gasteiger charge is -2.18. The van der Waals surface area contributed by atoms with E-state index < -0.39 is 15.9 Å². The van der Waals surface area contributed by atoms with Gasteiger partial charge in [0.25, 0.3) is 11.8 Å². The molecule has 0 fully saturated rings. The second-order valence-electron chi connectivity index (χ2n) is 4.20. The number of aromatic nitrogens is 1. The highest BCUT2D eigenvalue weighted by atomic mass is 79.9. The van der Waals surface area contributed by atoms with E-state index in [1.165, 1.54) is 18.6 Å². The number of nitrogens with zero attached hydrogens (tertiary/aromatic N) is 2. The molecule has 11 heteroatoms. The quantitative estimate of drug-likeness (QED) is 0.751. The SMILES string of the molecule is COCN(C(=O)c1sccc1S(N)(=O)=O)c1onc(C)c1Br. The summed E-state index contributed by atoms with van der Waals surface area (Å²) >= 11 is 4.23. The molecular weight excluding hydrogens is 398 g/mol. The number of methoxy groups -OCH3 is 1. The Morgan fingerprint density at radius 3 is 2.77 bits per heavy atom. The molecule has 0 aromatic carbocycles. The topological polar surface area (TPSA) is 116 Å². The lowest BCUT2D eigenvalue weighted by atomic mass is 10.4. The average molecular weight is 410 g/mol. The molecule has 2 aromatic heterocycles. The van der Waals surface area contributed by atoms with Crippen molar-refractivity contribution in [1.82, 2.24) is 5.16 Å². The summed E-state index contributed by atoms with van der Waals surface area (Å²) in [6.45, 7) is 1.54. The van der Waals surface area contributed by atoms with Crippen molar-refractivity contribution in [1.29, 1.82) is 0 Å². The van der Waals surface area contributed by atoms with Gasteiger partial charge < -0.3 is 9.26 Å². The zero-order valence-electron chi connectivity index (χ0n) is 11.6. The van der Waals surface area contributed by atoms with Crippen LogP contribution in [0.15, 0.2) is 25.3 Å². The molecule has 1 amide bonds. The van der Waals surface area contributed by atoms with Crippen LogP contribution in [-0.4, -0.2) is 33.3 Å². The zero-order valence-corrected chi connectivity index (χ0v) is 14.8. The summed E-state index contributed by atoms with van der Waals surface area (Å²) in [5, 5.41) is 10.3. The summed E-state index contributed by atoms with van der Waals surface area (Å²) in [5.74, 6) is -0.490. The van der Waals surface area contributed by atoms with E-state index in [1.807, 2.05) is 0 Å². The Bertz CT molecular complexity index is 799. The van der Waals surface area contributed by atoms with Crippen molar-refractivity contribution >= 4 is 49.1 Å². The fourth-order valence-electron chi connectivity index (χ4n) is 1.65. The van der Waals surface area contributed by atoms with Gasteiger partial charge in [-0.3, -0.25) is 9.69 Å². The van der Waals surface area contributed by atoms with E-state index in [0.29, 0.717) is 10.2 Å². The Morgan fingerprint density at radius 2 is 2.27 bits per heavy atom. The number of hydrogen-bond donors (Lipinski definition) is 1. The van der Waals surface area contributed by atoms with Gasteiger partial charge in [0.1, 0.15) is 21.0 Å². The molecule has 0 bridgehead atoms. The van der Waals surface area contributed by atoms with E-state index >= 15 is 0 Å². The Balaban J connectivity index is 2.49. The van der Waals surface area contributed by atoms with Gasteiger partial charge in [0, 0.05) is 7.11 Å². The predicted octanol–water partition coefficient (Wildman–Crippen LogP) is 1.71. The summed E-state index contributed by atoms with van der Waals surface area (Å²) < 4.78 is 33.7. The van der Waals surface area contributed by atoms with Crippen LogP contribution in [0.5, 0.6) is 0 Å². The first kappa shape index (κ1) is 17.1. The zero-order chi connectivity index (χ0) is 16.5. The summed E-state index contributed by atoms with van der Waals surface area (Å²) in [6, 6.07) is 1.28. The molecule has 0 radical (unpaired) electrons. The van der Waals surface area contributed by atoms with Crippen molar-refractivity contribution in [2.24, 2.45) is 5.14 Å². The number of halogens is 1. The fraction of sp³-hybridized carbons (Fsp3) is 0.273. The molecule has 0 saturated heterocycles. The number of hydrogen-bond acceptors (Lipinski definition) is 7. The van der Waals surface area contributed by atoms with Gasteiger partial charge in [-0.25, -0.2) is 13.6 Å². The first-order valence-corrected chi connectivity index (χ1v) is 9.02. The number of ether oxygens (including phenoxy) is 1. The van der Waals surface area contributed by atoms with Gasteiger partial charge in [0.15, 0.2) is 0 Å². The highest BCUT2D eigenvalue weighted by Gasteiger charge is 2.30. The second kappa shape index (κ2) is 6.46. The molecular formula is C11H12BrN3O5S2. The maximum Gasteiger partial charge on any atom is 0.274 e. The van der Waals surface area contributed by atoms with Crippen LogP contribution in [0.4, 0.5) is 5.88 Å². The number of sulfonamides is 1. The second-order valence-corrected chi connectivity index (χ2v) is 7.44. The average Bonchev–Trinajstić information content (AvgIpc) is 3.04. The number of aryl methyl sites for hydroxylation is 1. The number of nitrogens with two attached hydrogens (primary N) is 1. The van der Waals surface area contributed by atoms with Gasteiger partial charge in [-0.2, -0.15) is 0 Å². The van der Waals surface area contributed by atoms with Crippen molar-refractivity contribution in [3.8, 4) is 0 Å². The molecule has 2 rings (SSSR count). The normalized spacial score (nSPS) is 11.6. The van der Waals surface area contributed by atoms with Crippen LogP contribution in [0.2, 0.25) is 0 Å². The number of carbonyl (C=O) groups is 1. The number of carbonyl (C=O) groups excluding carboxylic acids is 1. The minimum absolute atomic E-state index is 0.0273. The third-order valence-corrected chi connectivity index (χ3v) is 5.55. The minimum atomic E-state index is -4.01. The number of amides is 1. The van der Waals surface area contributed by atoms with Crippen LogP contribution in [0, 0.1) is 6.92 Å². The summed E-state index contributed by atoms with van der Waals surface area (Å²) in [6.07, 6.45) is 0. The number of anilines is 1. The molecule has 0 aliphatic carbocycles. The standard InChI is InChI=1S/C11H12BrN3O5S2/c1-6-8(12)11(20-14-6)15(5-19-2)10(16)9-7(3-4-21-9)22(13,17)18/h3-4H,5H2,1-2H3,(H2,13,17,18). The summed E-state index contributed by atoms with van der Waals surface area (Å²) in [7, 11) is -2.61. The molecule has 0 saturated carbocycles. The third kappa shape index (κ3) is 3.22. The number of thiophene rings is 1. The van der Waals surface area contributed by atoms with Crippen LogP contribution in [-0.2, 0) is 14.8 Å². The molecule has 0 spiro atoms. The van der Waals surface area contributed by atoms with Crippen LogP contribution in [0.1, 0.15) is 15.4 Å². The van der Waals surface area contributed by atoms with Gasteiger partial charge in [-0.15, -0.1) is 11.3 Å². The Kier molecular flexibility index (Phi) is 5.02. The largest absolute Gasteiger partial charge is 0.364 e. The number of primary sulfonamides is 1. The van der Waals surface area contributed by atoms with Gasteiger partial charge in [0.2, 0.25) is 10.0 Å². The van der Waals surface area contributed by atoms with E-state index in [1.54, 1.807) is 6.92 Å². The van der Waals surface area contributed by atoms with E-state index in [4.69, 9.17) is 14.4 Å². The molecule has 8 nitrogen and oxygen atoms in total. The highest BCUT2D eigenvalue weighted by Crippen LogP contribution is 2.32. The maximum atomic E-state index is 12.7. The first-order valence-electron chi connectivity index (χ1n) is 5.80. The lowest BCUT2D eigenvalue weighted by molar-refractivity contribution is 0.0926. The Labute approximate surface area is 139 Å². The molecule has 0 unspecified atom stereocenters. The summed E-state index contributed by atoms with van der Waals surface area (Å²) in [4.78, 5) is 13.5. The third-order valence-electron chi connectivity index (χ3n) is 2.65. The highest BCUT2D eigenvalue weighted by molar-refractivity contribution is 9.10. The van der Waals surface area contributed by atoms with E-state index in [-0.39, 0.29) is 22.4 Å². The van der Waals surface area contributed by atoms with Gasteiger partial charge in [0.05, 0.1) is 5.69 Å². The van der Waals surface area contributed by atoms with Crippen LogP contribution < -0.4 is 10.0 Å². The van der Waals surface area contributed by atoms with Crippen molar-refractivity contribution in [2.75, 3.05) is 18.7 Å². The van der Waals surface area contributed by atoms with E-state index in [2.05, 4.69) is 21.1 Å². The van der Waals surface area contributed by atoms with Gasteiger partial charge in [-0.05, 0) is 34.3 Å². The first-order chi connectivity index (χ1) is 10.3. The maximum absolute atomic E-state index is 12.7. The number of rotatable bonds is 5. The molecule has 2 heterocycles. The molecule has 0 aliphatic rings. The minimum Gasteiger partial charge on any atom is -0.364 e. The van der Waals surface area contributed by atoms with E-state index in [9.17, 15) is 13.2 Å². The van der Waals surface area contributed by atoms with Crippen molar-refractivity contribution in [3.05, 3.63) is 26.5 Å².